The van der Waals surface area contributed by atoms with Gasteiger partial charge in [-0.25, -0.2) is 0 Å². The largest absolute Gasteiger partial charge is 0.486 e. The number of aliphatic hydroxyl groups excluding tert-OH is 1. The number of pyridine rings is 1. The lowest BCUT2D eigenvalue weighted by Crippen LogP contribution is -2.48. The first-order chi connectivity index (χ1) is 12.7. The molecule has 0 spiro atoms. The molecule has 1 atom stereocenters. The standard InChI is InChI=1S/C20H22N2O4/c23-16-10-15(11-16)17(9-13-3-5-21-6-4-13)22-20(24)14-1-2-18-19(12-14)26-8-7-25-18/h1-6,12,15-17,23H,7-11H2,(H,22,24)/t15?,16?,17-/m0/s1. The molecule has 0 radical (unpaired) electrons. The monoisotopic (exact) mass is 354 g/mol. The van der Waals surface area contributed by atoms with Gasteiger partial charge in [-0.1, -0.05) is 0 Å². The molecule has 136 valence electrons. The average Bonchev–Trinajstić information content (AvgIpc) is 2.65. The fourth-order valence-corrected chi connectivity index (χ4v) is 3.50. The second kappa shape index (κ2) is 7.33. The van der Waals surface area contributed by atoms with E-state index in [4.69, 9.17) is 9.47 Å². The molecular formula is C20H22N2O4. The van der Waals surface area contributed by atoms with Gasteiger partial charge in [0.25, 0.3) is 5.91 Å². The number of aromatic nitrogens is 1. The number of carbonyl (C=O) groups is 1. The van der Waals surface area contributed by atoms with Crippen molar-refractivity contribution < 1.29 is 19.4 Å². The van der Waals surface area contributed by atoms with Crippen molar-refractivity contribution in [3.63, 3.8) is 0 Å². The molecule has 1 aliphatic carbocycles. The van der Waals surface area contributed by atoms with Crippen LogP contribution in [0.4, 0.5) is 0 Å². The molecule has 4 rings (SSSR count). The molecular weight excluding hydrogens is 332 g/mol. The van der Waals surface area contributed by atoms with Crippen LogP contribution in [0.1, 0.15) is 28.8 Å². The maximum Gasteiger partial charge on any atom is 0.251 e. The van der Waals surface area contributed by atoms with Gasteiger partial charge in [-0.3, -0.25) is 9.78 Å². The summed E-state index contributed by atoms with van der Waals surface area (Å²) < 4.78 is 11.1. The zero-order valence-electron chi connectivity index (χ0n) is 14.4. The molecule has 0 bridgehead atoms. The molecule has 6 nitrogen and oxygen atoms in total. The van der Waals surface area contributed by atoms with E-state index in [-0.39, 0.29) is 24.0 Å². The molecule has 1 aliphatic heterocycles. The number of amides is 1. The Balaban J connectivity index is 1.48. The number of ether oxygens (including phenoxy) is 2. The van der Waals surface area contributed by atoms with Gasteiger partial charge in [-0.2, -0.15) is 0 Å². The first-order valence-electron chi connectivity index (χ1n) is 8.96. The summed E-state index contributed by atoms with van der Waals surface area (Å²) in [4.78, 5) is 16.8. The van der Waals surface area contributed by atoms with E-state index in [1.807, 2.05) is 12.1 Å². The number of carbonyl (C=O) groups excluding carboxylic acids is 1. The molecule has 26 heavy (non-hydrogen) atoms. The first kappa shape index (κ1) is 16.8. The van der Waals surface area contributed by atoms with Gasteiger partial charge >= 0.3 is 0 Å². The van der Waals surface area contributed by atoms with Gasteiger partial charge in [0.15, 0.2) is 11.5 Å². The van der Waals surface area contributed by atoms with Crippen molar-refractivity contribution in [2.45, 2.75) is 31.4 Å². The van der Waals surface area contributed by atoms with E-state index in [0.717, 1.165) is 24.8 Å². The fraction of sp³-hybridized carbons (Fsp3) is 0.400. The summed E-state index contributed by atoms with van der Waals surface area (Å²) in [6.45, 7) is 1.01. The molecule has 0 unspecified atom stereocenters. The van der Waals surface area contributed by atoms with E-state index < -0.39 is 0 Å². The van der Waals surface area contributed by atoms with Crippen molar-refractivity contribution in [2.24, 2.45) is 5.92 Å². The van der Waals surface area contributed by atoms with E-state index in [2.05, 4.69) is 10.3 Å². The summed E-state index contributed by atoms with van der Waals surface area (Å²) in [6, 6.07) is 9.14. The topological polar surface area (TPSA) is 80.7 Å². The summed E-state index contributed by atoms with van der Waals surface area (Å²) in [6.07, 6.45) is 5.41. The second-order valence-corrected chi connectivity index (χ2v) is 6.88. The molecule has 2 N–H and O–H groups in total. The molecule has 1 amide bonds. The minimum atomic E-state index is -0.258. The third-order valence-corrected chi connectivity index (χ3v) is 5.04. The minimum Gasteiger partial charge on any atom is -0.486 e. The van der Waals surface area contributed by atoms with Gasteiger partial charge in [0.1, 0.15) is 13.2 Å². The molecule has 2 aromatic rings. The molecule has 2 heterocycles. The Morgan fingerprint density at radius 3 is 2.62 bits per heavy atom. The number of aliphatic hydroxyl groups is 1. The highest BCUT2D eigenvalue weighted by Gasteiger charge is 2.35. The highest BCUT2D eigenvalue weighted by molar-refractivity contribution is 5.95. The van der Waals surface area contributed by atoms with Crippen LogP contribution in [-0.2, 0) is 6.42 Å². The van der Waals surface area contributed by atoms with Crippen LogP contribution >= 0.6 is 0 Å². The van der Waals surface area contributed by atoms with Crippen LogP contribution in [0.15, 0.2) is 42.7 Å². The van der Waals surface area contributed by atoms with Gasteiger partial charge in [0.2, 0.25) is 0 Å². The summed E-state index contributed by atoms with van der Waals surface area (Å²) in [5.74, 6) is 1.42. The predicted octanol–water partition coefficient (Wildman–Crippen LogP) is 1.96. The quantitative estimate of drug-likeness (QED) is 0.858. The van der Waals surface area contributed by atoms with Crippen molar-refractivity contribution in [2.75, 3.05) is 13.2 Å². The van der Waals surface area contributed by atoms with E-state index in [1.54, 1.807) is 30.6 Å². The second-order valence-electron chi connectivity index (χ2n) is 6.88. The van der Waals surface area contributed by atoms with E-state index in [9.17, 15) is 9.90 Å². The van der Waals surface area contributed by atoms with Gasteiger partial charge in [-0.15, -0.1) is 0 Å². The van der Waals surface area contributed by atoms with Crippen LogP contribution in [0.25, 0.3) is 0 Å². The average molecular weight is 354 g/mol. The lowest BCUT2D eigenvalue weighted by Gasteiger charge is -2.38. The number of hydrogen-bond acceptors (Lipinski definition) is 5. The highest BCUT2D eigenvalue weighted by atomic mass is 16.6. The number of hydrogen-bond donors (Lipinski definition) is 2. The first-order valence-corrected chi connectivity index (χ1v) is 8.96. The maximum atomic E-state index is 12.8. The summed E-state index contributed by atoms with van der Waals surface area (Å²) in [5, 5.41) is 12.8. The molecule has 1 saturated carbocycles. The number of nitrogens with zero attached hydrogens (tertiary/aromatic N) is 1. The zero-order chi connectivity index (χ0) is 17.9. The predicted molar refractivity (Wildman–Crippen MR) is 95.4 cm³/mol. The highest BCUT2D eigenvalue weighted by Crippen LogP contribution is 2.33. The van der Waals surface area contributed by atoms with Gasteiger partial charge in [0.05, 0.1) is 6.10 Å². The van der Waals surface area contributed by atoms with Crippen LogP contribution in [0, 0.1) is 5.92 Å². The van der Waals surface area contributed by atoms with Gasteiger partial charge in [0, 0.05) is 24.0 Å². The van der Waals surface area contributed by atoms with Crippen molar-refractivity contribution in [3.8, 4) is 11.5 Å². The van der Waals surface area contributed by atoms with Gasteiger partial charge in [-0.05, 0) is 61.1 Å². The number of fused-ring (bicyclic) bond motifs is 1. The summed E-state index contributed by atoms with van der Waals surface area (Å²) >= 11 is 0. The molecule has 1 aromatic carbocycles. The number of benzene rings is 1. The van der Waals surface area contributed by atoms with Crippen LogP contribution < -0.4 is 14.8 Å². The van der Waals surface area contributed by atoms with Crippen LogP contribution in [0.5, 0.6) is 11.5 Å². The SMILES string of the molecule is O=C(N[C@@H](Cc1ccncc1)C1CC(O)C1)c1ccc2c(c1)OCCO2. The smallest absolute Gasteiger partial charge is 0.251 e. The Labute approximate surface area is 152 Å². The Kier molecular flexibility index (Phi) is 4.75. The van der Waals surface area contributed by atoms with E-state index in [0.29, 0.717) is 30.3 Å². The molecule has 0 saturated heterocycles. The summed E-state index contributed by atoms with van der Waals surface area (Å²) in [5.41, 5.74) is 1.67. The minimum absolute atomic E-state index is 0.0264. The number of rotatable bonds is 5. The number of nitrogens with one attached hydrogen (secondary N) is 1. The van der Waals surface area contributed by atoms with Crippen molar-refractivity contribution >= 4 is 5.91 Å². The Bertz CT molecular complexity index is 775. The third-order valence-electron chi connectivity index (χ3n) is 5.04. The Morgan fingerprint density at radius 2 is 1.88 bits per heavy atom. The lowest BCUT2D eigenvalue weighted by molar-refractivity contribution is 0.0239. The lowest BCUT2D eigenvalue weighted by atomic mass is 9.75. The summed E-state index contributed by atoms with van der Waals surface area (Å²) in [7, 11) is 0. The molecule has 6 heteroatoms. The van der Waals surface area contributed by atoms with Crippen molar-refractivity contribution in [1.29, 1.82) is 0 Å². The van der Waals surface area contributed by atoms with Crippen LogP contribution in [0.3, 0.4) is 0 Å². The van der Waals surface area contributed by atoms with Gasteiger partial charge < -0.3 is 19.9 Å². The van der Waals surface area contributed by atoms with Crippen molar-refractivity contribution in [1.82, 2.24) is 10.3 Å². The van der Waals surface area contributed by atoms with E-state index in [1.165, 1.54) is 0 Å². The molecule has 1 aromatic heterocycles. The van der Waals surface area contributed by atoms with E-state index >= 15 is 0 Å². The normalized spacial score (nSPS) is 22.2. The van der Waals surface area contributed by atoms with Crippen LogP contribution in [0.2, 0.25) is 0 Å². The Hall–Kier alpha value is -2.60. The molecule has 1 fully saturated rings. The third kappa shape index (κ3) is 3.65. The molecule has 2 aliphatic rings. The van der Waals surface area contributed by atoms with Crippen LogP contribution in [-0.4, -0.2) is 41.4 Å². The fourth-order valence-electron chi connectivity index (χ4n) is 3.50. The Morgan fingerprint density at radius 1 is 1.15 bits per heavy atom. The maximum absolute atomic E-state index is 12.8. The van der Waals surface area contributed by atoms with Crippen molar-refractivity contribution in [3.05, 3.63) is 53.9 Å². The zero-order valence-corrected chi connectivity index (χ0v) is 14.4.